The van der Waals surface area contributed by atoms with Gasteiger partial charge < -0.3 is 10.1 Å². The van der Waals surface area contributed by atoms with Crippen LogP contribution in [0.1, 0.15) is 20.8 Å². The molecule has 2 aromatic heterocycles. The van der Waals surface area contributed by atoms with Crippen molar-refractivity contribution in [2.45, 2.75) is 26.9 Å². The summed E-state index contributed by atoms with van der Waals surface area (Å²) in [5.41, 5.74) is 0. The lowest BCUT2D eigenvalue weighted by Gasteiger charge is -2.10. The minimum Gasteiger partial charge on any atom is -0.461 e. The third-order valence-electron chi connectivity index (χ3n) is 1.90. The second kappa shape index (κ2) is 5.39. The molecule has 0 atom stereocenters. The number of nitrogens with zero attached hydrogens (tertiary/aromatic N) is 6. The van der Waals surface area contributed by atoms with Crippen LogP contribution in [-0.2, 0) is 0 Å². The average Bonchev–Trinajstić information content (AvgIpc) is 2.81. The molecule has 0 spiro atoms. The van der Waals surface area contributed by atoms with Crippen LogP contribution in [0.5, 0.6) is 6.01 Å². The van der Waals surface area contributed by atoms with Crippen LogP contribution < -0.4 is 10.1 Å². The molecule has 18 heavy (non-hydrogen) atoms. The van der Waals surface area contributed by atoms with Gasteiger partial charge in [0.2, 0.25) is 5.95 Å². The number of nitrogens with one attached hydrogen (secondary N) is 1. The highest BCUT2D eigenvalue weighted by molar-refractivity contribution is 5.29. The van der Waals surface area contributed by atoms with E-state index in [4.69, 9.17) is 4.74 Å². The third kappa shape index (κ3) is 2.90. The van der Waals surface area contributed by atoms with Gasteiger partial charge in [-0.25, -0.2) is 4.98 Å². The number of hydrogen-bond acceptors (Lipinski definition) is 7. The van der Waals surface area contributed by atoms with E-state index >= 15 is 0 Å². The number of anilines is 1. The zero-order chi connectivity index (χ0) is 13.0. The molecular weight excluding hydrogens is 234 g/mol. The maximum Gasteiger partial charge on any atom is 0.323 e. The second-order valence-electron chi connectivity index (χ2n) is 3.78. The van der Waals surface area contributed by atoms with Gasteiger partial charge in [0.05, 0.1) is 6.10 Å². The summed E-state index contributed by atoms with van der Waals surface area (Å²) in [4.78, 5) is 16.4. The van der Waals surface area contributed by atoms with Gasteiger partial charge in [0.25, 0.3) is 5.95 Å². The van der Waals surface area contributed by atoms with Crippen LogP contribution in [0, 0.1) is 0 Å². The summed E-state index contributed by atoms with van der Waals surface area (Å²) in [7, 11) is 0. The SMILES string of the molecule is CCNc1nc(OC(C)C)nc(-n2cncn2)n1. The van der Waals surface area contributed by atoms with Crippen molar-refractivity contribution in [3.63, 3.8) is 0 Å². The fourth-order valence-corrected chi connectivity index (χ4v) is 1.26. The summed E-state index contributed by atoms with van der Waals surface area (Å²) in [5.74, 6) is 0.822. The first-order chi connectivity index (χ1) is 8.69. The molecule has 1 N–H and O–H groups in total. The summed E-state index contributed by atoms with van der Waals surface area (Å²) >= 11 is 0. The van der Waals surface area contributed by atoms with Crippen molar-refractivity contribution >= 4 is 5.95 Å². The summed E-state index contributed by atoms with van der Waals surface area (Å²) in [6, 6.07) is 0.265. The Kier molecular flexibility index (Phi) is 3.66. The third-order valence-corrected chi connectivity index (χ3v) is 1.90. The predicted octanol–water partition coefficient (Wildman–Crippen LogP) is 0.671. The Morgan fingerprint density at radius 1 is 1.33 bits per heavy atom. The molecule has 0 unspecified atom stereocenters. The maximum absolute atomic E-state index is 5.48. The van der Waals surface area contributed by atoms with Crippen molar-refractivity contribution in [3.8, 4) is 12.0 Å². The summed E-state index contributed by atoms with van der Waals surface area (Å²) in [6.45, 7) is 6.49. The molecular formula is C10H15N7O. The minimum absolute atomic E-state index is 0.00882. The normalized spacial score (nSPS) is 10.7. The van der Waals surface area contributed by atoms with Gasteiger partial charge in [-0.3, -0.25) is 0 Å². The fraction of sp³-hybridized carbons (Fsp3) is 0.500. The van der Waals surface area contributed by atoms with E-state index in [1.54, 1.807) is 0 Å². The molecule has 0 aliphatic rings. The molecule has 8 nitrogen and oxygen atoms in total. The molecule has 0 radical (unpaired) electrons. The molecule has 2 rings (SSSR count). The summed E-state index contributed by atoms with van der Waals surface area (Å²) < 4.78 is 6.93. The van der Waals surface area contributed by atoms with Crippen LogP contribution in [0.4, 0.5) is 5.95 Å². The smallest absolute Gasteiger partial charge is 0.323 e. The van der Waals surface area contributed by atoms with E-state index < -0.39 is 0 Å². The molecule has 0 saturated heterocycles. The largest absolute Gasteiger partial charge is 0.461 e. The number of rotatable bonds is 5. The minimum atomic E-state index is -0.00882. The zero-order valence-electron chi connectivity index (χ0n) is 10.5. The Balaban J connectivity index is 2.36. The summed E-state index contributed by atoms with van der Waals surface area (Å²) in [5, 5.41) is 7.00. The van der Waals surface area contributed by atoms with Crippen LogP contribution in [0.25, 0.3) is 5.95 Å². The Bertz CT molecular complexity index is 497. The molecule has 0 aromatic carbocycles. The molecule has 0 bridgehead atoms. The van der Waals surface area contributed by atoms with E-state index in [0.717, 1.165) is 0 Å². The Labute approximate surface area is 104 Å². The monoisotopic (exact) mass is 249 g/mol. The Morgan fingerprint density at radius 2 is 2.17 bits per heavy atom. The van der Waals surface area contributed by atoms with Gasteiger partial charge in [-0.1, -0.05) is 0 Å². The first-order valence-electron chi connectivity index (χ1n) is 5.70. The number of hydrogen-bond donors (Lipinski definition) is 1. The molecule has 96 valence electrons. The van der Waals surface area contributed by atoms with Crippen molar-refractivity contribution in [1.82, 2.24) is 29.7 Å². The van der Waals surface area contributed by atoms with Crippen molar-refractivity contribution < 1.29 is 4.74 Å². The second-order valence-corrected chi connectivity index (χ2v) is 3.78. The lowest BCUT2D eigenvalue weighted by atomic mass is 10.5. The van der Waals surface area contributed by atoms with Crippen molar-refractivity contribution in [1.29, 1.82) is 0 Å². The predicted molar refractivity (Wildman–Crippen MR) is 64.7 cm³/mol. The van der Waals surface area contributed by atoms with E-state index in [1.807, 2.05) is 20.8 Å². The molecule has 0 aliphatic heterocycles. The van der Waals surface area contributed by atoms with Crippen LogP contribution in [0.15, 0.2) is 12.7 Å². The zero-order valence-corrected chi connectivity index (χ0v) is 10.5. The van der Waals surface area contributed by atoms with Crippen molar-refractivity contribution in [3.05, 3.63) is 12.7 Å². The Morgan fingerprint density at radius 3 is 2.78 bits per heavy atom. The van der Waals surface area contributed by atoms with Gasteiger partial charge in [-0.15, -0.1) is 0 Å². The average molecular weight is 249 g/mol. The van der Waals surface area contributed by atoms with E-state index in [2.05, 4.69) is 30.4 Å². The van der Waals surface area contributed by atoms with Crippen molar-refractivity contribution in [2.75, 3.05) is 11.9 Å². The van der Waals surface area contributed by atoms with Gasteiger partial charge >= 0.3 is 6.01 Å². The van der Waals surface area contributed by atoms with Gasteiger partial charge in [0.1, 0.15) is 12.7 Å². The van der Waals surface area contributed by atoms with Gasteiger partial charge in [0, 0.05) is 6.54 Å². The van der Waals surface area contributed by atoms with E-state index in [0.29, 0.717) is 18.4 Å². The van der Waals surface area contributed by atoms with Crippen LogP contribution in [0.3, 0.4) is 0 Å². The number of ether oxygens (including phenoxy) is 1. The maximum atomic E-state index is 5.48. The first kappa shape index (κ1) is 12.2. The highest BCUT2D eigenvalue weighted by Gasteiger charge is 2.10. The number of aromatic nitrogens is 6. The molecule has 0 fully saturated rings. The van der Waals surface area contributed by atoms with Crippen molar-refractivity contribution in [2.24, 2.45) is 0 Å². The van der Waals surface area contributed by atoms with Gasteiger partial charge in [0.15, 0.2) is 0 Å². The fourth-order valence-electron chi connectivity index (χ4n) is 1.26. The highest BCUT2D eigenvalue weighted by atomic mass is 16.5. The highest BCUT2D eigenvalue weighted by Crippen LogP contribution is 2.11. The first-order valence-corrected chi connectivity index (χ1v) is 5.70. The topological polar surface area (TPSA) is 90.6 Å². The van der Waals surface area contributed by atoms with Gasteiger partial charge in [-0.05, 0) is 20.8 Å². The molecule has 0 amide bonds. The van der Waals surface area contributed by atoms with E-state index in [-0.39, 0.29) is 12.1 Å². The van der Waals surface area contributed by atoms with Crippen LogP contribution in [0.2, 0.25) is 0 Å². The molecule has 0 saturated carbocycles. The van der Waals surface area contributed by atoms with E-state index in [9.17, 15) is 0 Å². The standard InChI is InChI=1S/C10H15N7O/c1-4-12-8-14-9(17-6-11-5-13-17)16-10(15-8)18-7(2)3/h5-7H,4H2,1-3H3,(H,12,14,15,16). The lowest BCUT2D eigenvalue weighted by Crippen LogP contribution is -2.14. The summed E-state index contributed by atoms with van der Waals surface area (Å²) in [6.07, 6.45) is 2.93. The van der Waals surface area contributed by atoms with E-state index in [1.165, 1.54) is 17.3 Å². The lowest BCUT2D eigenvalue weighted by molar-refractivity contribution is 0.221. The molecule has 2 heterocycles. The molecule has 2 aromatic rings. The Hall–Kier alpha value is -2.25. The molecule has 0 aliphatic carbocycles. The quantitative estimate of drug-likeness (QED) is 0.832. The van der Waals surface area contributed by atoms with Crippen LogP contribution >= 0.6 is 0 Å². The van der Waals surface area contributed by atoms with Crippen LogP contribution in [-0.4, -0.2) is 42.4 Å². The van der Waals surface area contributed by atoms with Gasteiger partial charge in [-0.2, -0.15) is 24.7 Å². The molecule has 8 heteroatoms.